The molecule has 1 aromatic heterocycles. The van der Waals surface area contributed by atoms with Crippen LogP contribution in [0.4, 0.5) is 0 Å². The normalized spacial score (nSPS) is 24.0. The number of hydrogen-bond donors (Lipinski definition) is 2. The van der Waals surface area contributed by atoms with E-state index in [9.17, 15) is 9.59 Å². The molecule has 23 heavy (non-hydrogen) atoms. The fraction of sp³-hybridized carbons (Fsp3) is 0.625. The fourth-order valence-corrected chi connectivity index (χ4v) is 3.94. The Balaban J connectivity index is 1.57. The van der Waals surface area contributed by atoms with Crippen molar-refractivity contribution in [3.63, 3.8) is 0 Å². The summed E-state index contributed by atoms with van der Waals surface area (Å²) in [5.41, 5.74) is 0. The van der Waals surface area contributed by atoms with Gasteiger partial charge in [0.05, 0.1) is 25.2 Å². The summed E-state index contributed by atoms with van der Waals surface area (Å²) in [5, 5.41) is 7.92. The molecule has 0 aromatic carbocycles. The Morgan fingerprint density at radius 1 is 1.48 bits per heavy atom. The van der Waals surface area contributed by atoms with E-state index in [1.165, 1.54) is 4.88 Å². The van der Waals surface area contributed by atoms with Crippen molar-refractivity contribution in [3.05, 3.63) is 22.4 Å². The van der Waals surface area contributed by atoms with Crippen molar-refractivity contribution in [1.82, 2.24) is 15.5 Å². The third-order valence-electron chi connectivity index (χ3n) is 4.46. The number of rotatable bonds is 5. The molecule has 1 aromatic rings. The number of hydrogen-bond acceptors (Lipinski definition) is 5. The highest BCUT2D eigenvalue weighted by Gasteiger charge is 2.27. The van der Waals surface area contributed by atoms with Crippen LogP contribution in [-0.2, 0) is 14.3 Å². The van der Waals surface area contributed by atoms with Gasteiger partial charge in [-0.15, -0.1) is 11.3 Å². The molecule has 0 bridgehead atoms. The van der Waals surface area contributed by atoms with Gasteiger partial charge in [-0.05, 0) is 17.9 Å². The first kappa shape index (κ1) is 16.4. The third kappa shape index (κ3) is 4.31. The molecular weight excluding hydrogens is 314 g/mol. The molecule has 0 spiro atoms. The Morgan fingerprint density at radius 2 is 2.30 bits per heavy atom. The summed E-state index contributed by atoms with van der Waals surface area (Å²) >= 11 is 1.72. The lowest BCUT2D eigenvalue weighted by Gasteiger charge is -2.34. The molecule has 7 heteroatoms. The van der Waals surface area contributed by atoms with Gasteiger partial charge in [-0.3, -0.25) is 14.5 Å². The molecule has 6 nitrogen and oxygen atoms in total. The Labute approximate surface area is 140 Å². The van der Waals surface area contributed by atoms with Crippen molar-refractivity contribution in [3.8, 4) is 0 Å². The lowest BCUT2D eigenvalue weighted by atomic mass is 9.98. The summed E-state index contributed by atoms with van der Waals surface area (Å²) < 4.78 is 5.43. The topological polar surface area (TPSA) is 70.7 Å². The van der Waals surface area contributed by atoms with E-state index < -0.39 is 0 Å². The molecule has 2 aliphatic rings. The zero-order chi connectivity index (χ0) is 16.1. The smallest absolute Gasteiger partial charge is 0.224 e. The van der Waals surface area contributed by atoms with Crippen molar-refractivity contribution in [1.29, 1.82) is 0 Å². The van der Waals surface area contributed by atoms with Crippen molar-refractivity contribution < 1.29 is 14.3 Å². The number of thiophene rings is 1. The van der Waals surface area contributed by atoms with Gasteiger partial charge in [-0.1, -0.05) is 6.07 Å². The number of carbonyl (C=O) groups excluding carboxylic acids is 2. The van der Waals surface area contributed by atoms with Crippen LogP contribution in [0.15, 0.2) is 17.5 Å². The molecule has 0 aliphatic carbocycles. The van der Waals surface area contributed by atoms with Gasteiger partial charge < -0.3 is 15.4 Å². The van der Waals surface area contributed by atoms with Crippen LogP contribution < -0.4 is 10.6 Å². The van der Waals surface area contributed by atoms with Gasteiger partial charge >= 0.3 is 0 Å². The minimum atomic E-state index is -0.110. The maximum Gasteiger partial charge on any atom is 0.224 e. The highest BCUT2D eigenvalue weighted by molar-refractivity contribution is 7.10. The first-order chi connectivity index (χ1) is 11.2. The van der Waals surface area contributed by atoms with Crippen molar-refractivity contribution in [2.45, 2.75) is 18.9 Å². The molecular formula is C16H23N3O3S. The van der Waals surface area contributed by atoms with Crippen LogP contribution in [0.25, 0.3) is 0 Å². The summed E-state index contributed by atoms with van der Waals surface area (Å²) in [6, 6.07) is 4.37. The molecule has 0 radical (unpaired) electrons. The monoisotopic (exact) mass is 337 g/mol. The van der Waals surface area contributed by atoms with Crippen LogP contribution >= 0.6 is 11.3 Å². The van der Waals surface area contributed by atoms with Crippen LogP contribution in [0.1, 0.15) is 23.8 Å². The number of carbonyl (C=O) groups is 2. The lowest BCUT2D eigenvalue weighted by Crippen LogP contribution is -2.47. The molecule has 3 rings (SSSR count). The Kier molecular flexibility index (Phi) is 5.64. The zero-order valence-corrected chi connectivity index (χ0v) is 13.9. The highest BCUT2D eigenvalue weighted by atomic mass is 32.1. The van der Waals surface area contributed by atoms with Crippen molar-refractivity contribution in [2.75, 3.05) is 39.4 Å². The van der Waals surface area contributed by atoms with Gasteiger partial charge in [-0.2, -0.15) is 0 Å². The average Bonchev–Trinajstić information content (AvgIpc) is 3.11. The molecule has 2 aliphatic heterocycles. The molecule has 2 fully saturated rings. The van der Waals surface area contributed by atoms with Gasteiger partial charge in [0.1, 0.15) is 0 Å². The number of nitrogens with one attached hydrogen (secondary N) is 2. The number of nitrogens with zero attached hydrogens (tertiary/aromatic N) is 1. The van der Waals surface area contributed by atoms with E-state index in [0.717, 1.165) is 26.3 Å². The summed E-state index contributed by atoms with van der Waals surface area (Å²) in [6.45, 7) is 4.31. The molecule has 2 saturated heterocycles. The van der Waals surface area contributed by atoms with Crippen LogP contribution in [0.3, 0.4) is 0 Å². The van der Waals surface area contributed by atoms with Crippen molar-refractivity contribution in [2.24, 2.45) is 5.92 Å². The van der Waals surface area contributed by atoms with Crippen LogP contribution in [-0.4, -0.2) is 56.1 Å². The molecule has 0 saturated carbocycles. The summed E-state index contributed by atoms with van der Waals surface area (Å²) in [4.78, 5) is 27.2. The second kappa shape index (κ2) is 7.90. The van der Waals surface area contributed by atoms with E-state index in [1.807, 2.05) is 6.07 Å². The van der Waals surface area contributed by atoms with E-state index >= 15 is 0 Å². The Bertz CT molecular complexity index is 519. The van der Waals surface area contributed by atoms with E-state index in [4.69, 9.17) is 4.74 Å². The van der Waals surface area contributed by atoms with Gasteiger partial charge in [0, 0.05) is 37.5 Å². The molecule has 0 unspecified atom stereocenters. The van der Waals surface area contributed by atoms with Crippen LogP contribution in [0.5, 0.6) is 0 Å². The molecule has 3 heterocycles. The number of piperidine rings is 1. The van der Waals surface area contributed by atoms with Gasteiger partial charge in [0.25, 0.3) is 0 Å². The van der Waals surface area contributed by atoms with E-state index in [0.29, 0.717) is 25.9 Å². The SMILES string of the molecule is O=C1CC[C@@H](C(=O)NC[C@H](c2cccs2)N2CCOCC2)CN1. The quantitative estimate of drug-likeness (QED) is 0.832. The standard InChI is InChI=1S/C16H23N3O3S/c20-15-4-3-12(10-17-15)16(21)18-11-13(14-2-1-9-23-14)19-5-7-22-8-6-19/h1-2,9,12-13H,3-8,10-11H2,(H,17,20)(H,18,21)/t12-,13-/m1/s1. The van der Waals surface area contributed by atoms with E-state index in [1.54, 1.807) is 11.3 Å². The average molecular weight is 337 g/mol. The van der Waals surface area contributed by atoms with Crippen LogP contribution in [0.2, 0.25) is 0 Å². The van der Waals surface area contributed by atoms with E-state index in [2.05, 4.69) is 27.0 Å². The van der Waals surface area contributed by atoms with Gasteiger partial charge in [0.15, 0.2) is 0 Å². The number of morpholine rings is 1. The fourth-order valence-electron chi connectivity index (χ4n) is 3.08. The molecule has 2 amide bonds. The third-order valence-corrected chi connectivity index (χ3v) is 5.44. The number of amides is 2. The largest absolute Gasteiger partial charge is 0.379 e. The van der Waals surface area contributed by atoms with Gasteiger partial charge in [0.2, 0.25) is 11.8 Å². The maximum atomic E-state index is 12.4. The summed E-state index contributed by atoms with van der Waals surface area (Å²) in [7, 11) is 0. The summed E-state index contributed by atoms with van der Waals surface area (Å²) in [5.74, 6) is -0.0278. The van der Waals surface area contributed by atoms with Crippen molar-refractivity contribution >= 4 is 23.2 Å². The van der Waals surface area contributed by atoms with Gasteiger partial charge in [-0.25, -0.2) is 0 Å². The zero-order valence-electron chi connectivity index (χ0n) is 13.1. The predicted octanol–water partition coefficient (Wildman–Crippen LogP) is 0.764. The Morgan fingerprint density at radius 3 is 2.96 bits per heavy atom. The summed E-state index contributed by atoms with van der Waals surface area (Å²) in [6.07, 6.45) is 1.08. The first-order valence-corrected chi connectivity index (χ1v) is 9.01. The van der Waals surface area contributed by atoms with E-state index in [-0.39, 0.29) is 23.8 Å². The Hall–Kier alpha value is -1.44. The molecule has 126 valence electrons. The first-order valence-electron chi connectivity index (χ1n) is 8.13. The molecule has 2 atom stereocenters. The minimum Gasteiger partial charge on any atom is -0.379 e. The number of ether oxygens (including phenoxy) is 1. The molecule has 2 N–H and O–H groups in total. The second-order valence-electron chi connectivity index (χ2n) is 5.96. The lowest BCUT2D eigenvalue weighted by molar-refractivity contribution is -0.129. The van der Waals surface area contributed by atoms with Crippen LogP contribution in [0, 0.1) is 5.92 Å². The predicted molar refractivity (Wildman–Crippen MR) is 88.2 cm³/mol. The highest BCUT2D eigenvalue weighted by Crippen LogP contribution is 2.25. The second-order valence-corrected chi connectivity index (χ2v) is 6.94. The minimum absolute atomic E-state index is 0.0406. The maximum absolute atomic E-state index is 12.4.